The molecule has 0 bridgehead atoms. The fraction of sp³-hybridized carbons (Fsp3) is 0.391. The predicted octanol–water partition coefficient (Wildman–Crippen LogP) is 2.88. The number of amides is 2. The van der Waals surface area contributed by atoms with Crippen molar-refractivity contribution in [2.45, 2.75) is 39.3 Å². The Morgan fingerprint density at radius 3 is 2.03 bits per heavy atom. The van der Waals surface area contributed by atoms with Crippen LogP contribution in [0.15, 0.2) is 48.5 Å². The number of hydrogen-bond acceptors (Lipinski definition) is 4. The van der Waals surface area contributed by atoms with Gasteiger partial charge in [0.05, 0.1) is 11.9 Å². The van der Waals surface area contributed by atoms with Crippen molar-refractivity contribution in [3.05, 3.63) is 65.5 Å². The number of anilines is 1. The van der Waals surface area contributed by atoms with E-state index in [1.807, 2.05) is 26.0 Å². The number of likely N-dealkylation sites (N-methyl/N-ethyl adjacent to an activating group) is 1. The highest BCUT2D eigenvalue weighted by molar-refractivity contribution is 7.92. The molecule has 2 rings (SSSR count). The van der Waals surface area contributed by atoms with E-state index < -0.39 is 40.2 Å². The minimum Gasteiger partial charge on any atom is -0.357 e. The average molecular weight is 464 g/mol. The molecular weight excluding hydrogens is 433 g/mol. The maximum atomic E-state index is 13.3. The number of nitrogens with zero attached hydrogens (tertiary/aromatic N) is 2. The van der Waals surface area contributed by atoms with Crippen molar-refractivity contribution in [2.24, 2.45) is 0 Å². The lowest BCUT2D eigenvalue weighted by Crippen LogP contribution is -2.50. The molecule has 0 aromatic heterocycles. The Morgan fingerprint density at radius 1 is 1.00 bits per heavy atom. The van der Waals surface area contributed by atoms with Crippen molar-refractivity contribution >= 4 is 27.5 Å². The Balaban J connectivity index is 2.36. The van der Waals surface area contributed by atoms with E-state index >= 15 is 0 Å². The minimum absolute atomic E-state index is 0.0254. The van der Waals surface area contributed by atoms with Crippen molar-refractivity contribution in [2.75, 3.05) is 24.2 Å². The van der Waals surface area contributed by atoms with E-state index in [9.17, 15) is 22.4 Å². The van der Waals surface area contributed by atoms with Gasteiger partial charge >= 0.3 is 0 Å². The fourth-order valence-corrected chi connectivity index (χ4v) is 4.07. The second kappa shape index (κ2) is 10.6. The second-order valence-corrected chi connectivity index (χ2v) is 9.86. The number of carbonyl (C=O) groups excluding carboxylic acids is 2. The molecule has 0 aliphatic rings. The van der Waals surface area contributed by atoms with Crippen LogP contribution in [0.4, 0.5) is 10.1 Å². The summed E-state index contributed by atoms with van der Waals surface area (Å²) in [6.45, 7) is 5.17. The number of nitrogens with one attached hydrogen (secondary N) is 1. The summed E-state index contributed by atoms with van der Waals surface area (Å²) >= 11 is 0. The lowest BCUT2D eigenvalue weighted by molar-refractivity contribution is -0.139. The van der Waals surface area contributed by atoms with Crippen LogP contribution in [0.2, 0.25) is 0 Å². The monoisotopic (exact) mass is 463 g/mol. The Labute approximate surface area is 189 Å². The molecule has 2 aromatic rings. The van der Waals surface area contributed by atoms with Crippen LogP contribution in [-0.2, 0) is 26.2 Å². The maximum absolute atomic E-state index is 13.3. The fourth-order valence-electron chi connectivity index (χ4n) is 3.22. The van der Waals surface area contributed by atoms with Crippen LogP contribution in [0.3, 0.4) is 0 Å². The van der Waals surface area contributed by atoms with Crippen LogP contribution in [0, 0.1) is 5.82 Å². The summed E-state index contributed by atoms with van der Waals surface area (Å²) < 4.78 is 39.3. The van der Waals surface area contributed by atoms with Gasteiger partial charge in [0.1, 0.15) is 18.4 Å². The molecule has 7 nitrogen and oxygen atoms in total. The summed E-state index contributed by atoms with van der Waals surface area (Å²) in [5.74, 6) is -1.09. The molecule has 0 saturated heterocycles. The highest BCUT2D eigenvalue weighted by Gasteiger charge is 2.29. The molecule has 1 N–H and O–H groups in total. The maximum Gasteiger partial charge on any atom is 0.244 e. The minimum atomic E-state index is -3.77. The quantitative estimate of drug-likeness (QED) is 0.620. The zero-order chi connectivity index (χ0) is 24.1. The van der Waals surface area contributed by atoms with Crippen LogP contribution in [0.5, 0.6) is 0 Å². The summed E-state index contributed by atoms with van der Waals surface area (Å²) in [6.07, 6.45) is 1.03. The van der Waals surface area contributed by atoms with Gasteiger partial charge in [-0.3, -0.25) is 13.9 Å². The first-order valence-electron chi connectivity index (χ1n) is 10.3. The smallest absolute Gasteiger partial charge is 0.244 e. The van der Waals surface area contributed by atoms with Gasteiger partial charge in [-0.25, -0.2) is 12.8 Å². The number of hydrogen-bond donors (Lipinski definition) is 1. The van der Waals surface area contributed by atoms with Gasteiger partial charge in [-0.2, -0.15) is 0 Å². The highest BCUT2D eigenvalue weighted by atomic mass is 32.2. The van der Waals surface area contributed by atoms with E-state index in [0.29, 0.717) is 11.3 Å². The zero-order valence-electron chi connectivity index (χ0n) is 19.0. The van der Waals surface area contributed by atoms with Crippen LogP contribution in [-0.4, -0.2) is 51.0 Å². The zero-order valence-corrected chi connectivity index (χ0v) is 19.8. The summed E-state index contributed by atoms with van der Waals surface area (Å²) in [6, 6.07) is 11.7. The molecule has 0 radical (unpaired) electrons. The van der Waals surface area contributed by atoms with Gasteiger partial charge in [-0.15, -0.1) is 0 Å². The van der Waals surface area contributed by atoms with Crippen molar-refractivity contribution in [1.29, 1.82) is 0 Å². The van der Waals surface area contributed by atoms with E-state index in [1.165, 1.54) is 36.2 Å². The van der Waals surface area contributed by atoms with Gasteiger partial charge in [0.2, 0.25) is 21.8 Å². The predicted molar refractivity (Wildman–Crippen MR) is 123 cm³/mol. The summed E-state index contributed by atoms with van der Waals surface area (Å²) in [7, 11) is -2.32. The van der Waals surface area contributed by atoms with E-state index in [4.69, 9.17) is 0 Å². The Kier molecular flexibility index (Phi) is 8.38. The number of rotatable bonds is 9. The first-order chi connectivity index (χ1) is 14.9. The molecule has 0 saturated carbocycles. The van der Waals surface area contributed by atoms with Gasteiger partial charge < -0.3 is 10.2 Å². The molecule has 0 aliphatic carbocycles. The second-order valence-electron chi connectivity index (χ2n) is 7.95. The number of carbonyl (C=O) groups is 2. The largest absolute Gasteiger partial charge is 0.357 e. The number of halogens is 1. The SMILES string of the molecule is CNC(=O)[C@H](C)N(Cc1ccc(F)cc1)C(=O)CN(c1ccc(C(C)C)cc1)S(C)(=O)=O. The third kappa shape index (κ3) is 6.53. The molecule has 0 heterocycles. The third-order valence-electron chi connectivity index (χ3n) is 5.21. The molecule has 0 spiro atoms. The van der Waals surface area contributed by atoms with Gasteiger partial charge in [-0.05, 0) is 48.2 Å². The van der Waals surface area contributed by atoms with Crippen LogP contribution in [0.1, 0.15) is 37.8 Å². The molecular formula is C23H30FN3O4S. The molecule has 1 atom stereocenters. The standard InChI is InChI=1S/C23H30FN3O4S/c1-16(2)19-8-12-21(13-9-19)27(32(5,30)31)15-22(28)26(17(3)23(29)25-4)14-18-6-10-20(24)11-7-18/h6-13,16-17H,14-15H2,1-5H3,(H,25,29)/t17-/m0/s1. The lowest BCUT2D eigenvalue weighted by Gasteiger charge is -2.31. The summed E-state index contributed by atoms with van der Waals surface area (Å²) in [5.41, 5.74) is 2.02. The van der Waals surface area contributed by atoms with Crippen LogP contribution >= 0.6 is 0 Å². The van der Waals surface area contributed by atoms with Gasteiger partial charge in [0.25, 0.3) is 0 Å². The van der Waals surface area contributed by atoms with E-state index in [-0.39, 0.29) is 12.5 Å². The normalized spacial score (nSPS) is 12.3. The Hall–Kier alpha value is -2.94. The molecule has 2 aromatic carbocycles. The highest BCUT2D eigenvalue weighted by Crippen LogP contribution is 2.22. The van der Waals surface area contributed by atoms with Crippen molar-refractivity contribution in [3.63, 3.8) is 0 Å². The molecule has 9 heteroatoms. The Morgan fingerprint density at radius 2 is 1.56 bits per heavy atom. The van der Waals surface area contributed by atoms with E-state index in [1.54, 1.807) is 19.1 Å². The van der Waals surface area contributed by atoms with Crippen molar-refractivity contribution in [1.82, 2.24) is 10.2 Å². The summed E-state index contributed by atoms with van der Waals surface area (Å²) in [4.78, 5) is 26.8. The van der Waals surface area contributed by atoms with Gasteiger partial charge in [-0.1, -0.05) is 38.1 Å². The first-order valence-corrected chi connectivity index (χ1v) is 12.1. The lowest BCUT2D eigenvalue weighted by atomic mass is 10.0. The van der Waals surface area contributed by atoms with Crippen LogP contribution < -0.4 is 9.62 Å². The molecule has 174 valence electrons. The molecule has 0 unspecified atom stereocenters. The molecule has 32 heavy (non-hydrogen) atoms. The molecule has 2 amide bonds. The van der Waals surface area contributed by atoms with Crippen molar-refractivity contribution < 1.29 is 22.4 Å². The molecule has 0 fully saturated rings. The number of sulfonamides is 1. The Bertz CT molecular complexity index is 1040. The molecule has 0 aliphatic heterocycles. The third-order valence-corrected chi connectivity index (χ3v) is 6.35. The van der Waals surface area contributed by atoms with E-state index in [2.05, 4.69) is 5.32 Å². The van der Waals surface area contributed by atoms with Crippen molar-refractivity contribution in [3.8, 4) is 0 Å². The topological polar surface area (TPSA) is 86.8 Å². The van der Waals surface area contributed by atoms with E-state index in [0.717, 1.165) is 16.1 Å². The van der Waals surface area contributed by atoms with Gasteiger partial charge in [0, 0.05) is 13.6 Å². The first kappa shape index (κ1) is 25.3. The van der Waals surface area contributed by atoms with Gasteiger partial charge in [0.15, 0.2) is 0 Å². The number of benzene rings is 2. The van der Waals surface area contributed by atoms with Crippen LogP contribution in [0.25, 0.3) is 0 Å². The summed E-state index contributed by atoms with van der Waals surface area (Å²) in [5, 5.41) is 2.50. The average Bonchev–Trinajstić information content (AvgIpc) is 2.75.